The summed E-state index contributed by atoms with van der Waals surface area (Å²) in [5.74, 6) is 0.876. The van der Waals surface area contributed by atoms with Crippen LogP contribution in [0, 0.1) is 0 Å². The number of hydrogen-bond acceptors (Lipinski definition) is 5. The minimum absolute atomic E-state index is 0.114. The Morgan fingerprint density at radius 3 is 2.19 bits per heavy atom. The van der Waals surface area contributed by atoms with Crippen molar-refractivity contribution in [3.8, 4) is 11.1 Å². The molecule has 0 saturated heterocycles. The van der Waals surface area contributed by atoms with Crippen LogP contribution in [0.3, 0.4) is 0 Å². The molecule has 0 aliphatic rings. The maximum Gasteiger partial charge on any atom is 0.348 e. The molecule has 0 bridgehead atoms. The number of carbonyl (C=O) groups excluding carboxylic acids is 1. The topological polar surface area (TPSA) is 55.3 Å². The maximum atomic E-state index is 11.7. The molecule has 2 aromatic heterocycles. The summed E-state index contributed by atoms with van der Waals surface area (Å²) < 4.78 is 11.7. The van der Waals surface area contributed by atoms with Gasteiger partial charge in [0.05, 0.1) is 0 Å². The lowest BCUT2D eigenvalue weighted by Gasteiger charge is -2.23. The summed E-state index contributed by atoms with van der Waals surface area (Å²) in [6.07, 6.45) is 7.05. The van der Waals surface area contributed by atoms with Gasteiger partial charge in [0.1, 0.15) is 11.6 Å². The molecule has 0 unspecified atom stereocenters. The lowest BCUT2D eigenvalue weighted by molar-refractivity contribution is -0.183. The van der Waals surface area contributed by atoms with E-state index < -0.39 is 5.97 Å². The minimum Gasteiger partial charge on any atom is -0.311 e. The van der Waals surface area contributed by atoms with E-state index in [2.05, 4.69) is 38.0 Å². The summed E-state index contributed by atoms with van der Waals surface area (Å²) in [6.45, 7) is 4.75. The first kappa shape index (κ1) is 24.0. The third kappa shape index (κ3) is 7.81. The number of unbranched alkanes of at least 4 members (excludes halogenated alkanes) is 3. The molecule has 2 heterocycles. The van der Waals surface area contributed by atoms with Crippen molar-refractivity contribution < 1.29 is 14.3 Å². The fourth-order valence-corrected chi connectivity index (χ4v) is 3.14. The van der Waals surface area contributed by atoms with Crippen LogP contribution in [0.2, 0.25) is 0 Å². The highest BCUT2D eigenvalue weighted by Crippen LogP contribution is 2.25. The summed E-state index contributed by atoms with van der Waals surface area (Å²) in [6, 6.07) is 20.0. The average molecular weight is 424 g/mol. The molecule has 3 aromatic rings. The van der Waals surface area contributed by atoms with E-state index in [9.17, 15) is 9.32 Å². The SMILES string of the molecule is CC.O=C(CCCCCCN(c1ccccn1)c1ccc(-c2ccccc2)cn1)OF. The molecule has 0 atom stereocenters. The molecule has 5 nitrogen and oxygen atoms in total. The molecule has 0 fully saturated rings. The van der Waals surface area contributed by atoms with E-state index in [1.807, 2.05) is 62.5 Å². The third-order valence-corrected chi connectivity index (χ3v) is 4.66. The Hall–Kier alpha value is -3.28. The van der Waals surface area contributed by atoms with Gasteiger partial charge in [-0.1, -0.05) is 63.1 Å². The molecule has 0 aliphatic carbocycles. The quantitative estimate of drug-likeness (QED) is 0.340. The zero-order valence-electron chi connectivity index (χ0n) is 18.2. The Bertz CT molecular complexity index is 874. The molecule has 0 radical (unpaired) electrons. The molecule has 1 aromatic carbocycles. The van der Waals surface area contributed by atoms with Crippen LogP contribution in [0.4, 0.5) is 16.2 Å². The number of pyridine rings is 2. The highest BCUT2D eigenvalue weighted by molar-refractivity contribution is 5.68. The first-order chi connectivity index (χ1) is 15.3. The number of aromatic nitrogens is 2. The van der Waals surface area contributed by atoms with Gasteiger partial charge in [0.2, 0.25) is 0 Å². The van der Waals surface area contributed by atoms with Gasteiger partial charge in [0, 0.05) is 35.4 Å². The lowest BCUT2D eigenvalue weighted by atomic mass is 10.1. The van der Waals surface area contributed by atoms with Crippen LogP contribution in [0.1, 0.15) is 46.0 Å². The van der Waals surface area contributed by atoms with Crippen molar-refractivity contribution in [1.82, 2.24) is 9.97 Å². The van der Waals surface area contributed by atoms with Crippen molar-refractivity contribution in [2.24, 2.45) is 0 Å². The molecule has 0 N–H and O–H groups in total. The Labute approximate surface area is 183 Å². The minimum atomic E-state index is -0.803. The number of rotatable bonds is 10. The third-order valence-electron chi connectivity index (χ3n) is 4.66. The van der Waals surface area contributed by atoms with E-state index in [0.29, 0.717) is 6.42 Å². The second-order valence-corrected chi connectivity index (χ2v) is 6.72. The van der Waals surface area contributed by atoms with Gasteiger partial charge < -0.3 is 4.90 Å². The van der Waals surface area contributed by atoms with Crippen LogP contribution in [-0.4, -0.2) is 22.5 Å². The van der Waals surface area contributed by atoms with Gasteiger partial charge in [-0.05, 0) is 42.7 Å². The molecule has 0 amide bonds. The molecule has 31 heavy (non-hydrogen) atoms. The summed E-state index contributed by atoms with van der Waals surface area (Å²) in [7, 11) is 0. The van der Waals surface area contributed by atoms with Gasteiger partial charge in [-0.15, -0.1) is 0 Å². The normalized spacial score (nSPS) is 10.0. The molecule has 0 spiro atoms. The number of carbonyl (C=O) groups is 1. The monoisotopic (exact) mass is 423 g/mol. The number of benzene rings is 1. The van der Waals surface area contributed by atoms with Gasteiger partial charge in [-0.3, -0.25) is 4.94 Å². The lowest BCUT2D eigenvalue weighted by Crippen LogP contribution is -2.20. The number of hydrogen-bond donors (Lipinski definition) is 0. The van der Waals surface area contributed by atoms with Crippen molar-refractivity contribution in [2.75, 3.05) is 11.4 Å². The summed E-state index contributed by atoms with van der Waals surface area (Å²) >= 11 is 0. The highest BCUT2D eigenvalue weighted by Gasteiger charge is 2.12. The molecular formula is C25H30FN3O2. The second-order valence-electron chi connectivity index (χ2n) is 6.72. The predicted octanol–water partition coefficient (Wildman–Crippen LogP) is 6.69. The number of nitrogens with zero attached hydrogens (tertiary/aromatic N) is 3. The van der Waals surface area contributed by atoms with Crippen LogP contribution < -0.4 is 4.90 Å². The van der Waals surface area contributed by atoms with Crippen molar-refractivity contribution in [1.29, 1.82) is 0 Å². The molecule has 0 aliphatic heterocycles. The fourth-order valence-electron chi connectivity index (χ4n) is 3.14. The van der Waals surface area contributed by atoms with Gasteiger partial charge in [0.15, 0.2) is 0 Å². The van der Waals surface area contributed by atoms with Crippen molar-refractivity contribution in [3.05, 3.63) is 73.1 Å². The smallest absolute Gasteiger partial charge is 0.311 e. The second kappa shape index (κ2) is 13.9. The van der Waals surface area contributed by atoms with E-state index >= 15 is 0 Å². The molecule has 164 valence electrons. The van der Waals surface area contributed by atoms with Gasteiger partial charge >= 0.3 is 5.97 Å². The zero-order chi connectivity index (χ0) is 22.3. The average Bonchev–Trinajstić information content (AvgIpc) is 2.86. The Kier molecular flexibility index (Phi) is 10.7. The summed E-state index contributed by atoms with van der Waals surface area (Å²) in [5, 5.41) is 0. The Morgan fingerprint density at radius 2 is 1.55 bits per heavy atom. The van der Waals surface area contributed by atoms with E-state index in [0.717, 1.165) is 48.6 Å². The van der Waals surface area contributed by atoms with Crippen LogP contribution in [-0.2, 0) is 9.74 Å². The van der Waals surface area contributed by atoms with Crippen LogP contribution in [0.15, 0.2) is 73.1 Å². The zero-order valence-corrected chi connectivity index (χ0v) is 18.2. The summed E-state index contributed by atoms with van der Waals surface area (Å²) in [5.41, 5.74) is 2.19. The molecule has 3 rings (SSSR count). The first-order valence-corrected chi connectivity index (χ1v) is 10.8. The molecule has 6 heteroatoms. The van der Waals surface area contributed by atoms with E-state index in [-0.39, 0.29) is 6.42 Å². The van der Waals surface area contributed by atoms with E-state index in [1.165, 1.54) is 0 Å². The fraction of sp³-hybridized carbons (Fsp3) is 0.320. The number of halogens is 1. The largest absolute Gasteiger partial charge is 0.348 e. The van der Waals surface area contributed by atoms with Crippen molar-refractivity contribution >= 4 is 17.6 Å². The Morgan fingerprint density at radius 1 is 0.839 bits per heavy atom. The van der Waals surface area contributed by atoms with Crippen molar-refractivity contribution in [3.63, 3.8) is 0 Å². The molecular weight excluding hydrogens is 393 g/mol. The van der Waals surface area contributed by atoms with Crippen LogP contribution >= 0.6 is 0 Å². The summed E-state index contributed by atoms with van der Waals surface area (Å²) in [4.78, 5) is 25.2. The van der Waals surface area contributed by atoms with E-state index in [4.69, 9.17) is 0 Å². The highest BCUT2D eigenvalue weighted by atomic mass is 19.3. The first-order valence-electron chi connectivity index (χ1n) is 10.8. The van der Waals surface area contributed by atoms with Gasteiger partial charge in [-0.2, -0.15) is 0 Å². The predicted molar refractivity (Wildman–Crippen MR) is 123 cm³/mol. The molecule has 0 saturated carbocycles. The maximum absolute atomic E-state index is 11.7. The van der Waals surface area contributed by atoms with Crippen molar-refractivity contribution in [2.45, 2.75) is 46.0 Å². The standard InChI is InChI=1S/C23H24FN3O2.C2H6/c24-29-23(28)13-6-1-2-9-17-27(21-12-7-8-16-25-21)22-15-14-20(18-26-22)19-10-4-3-5-11-19;1-2/h3-5,7-8,10-12,14-16,18H,1-2,6,9,13,17H2;1-2H3. The van der Waals surface area contributed by atoms with Crippen LogP contribution in [0.25, 0.3) is 11.1 Å². The van der Waals surface area contributed by atoms with Gasteiger partial charge in [-0.25, -0.2) is 14.8 Å². The number of anilines is 2. The van der Waals surface area contributed by atoms with Crippen LogP contribution in [0.5, 0.6) is 0 Å². The van der Waals surface area contributed by atoms with Gasteiger partial charge in [0.25, 0.3) is 0 Å². The Balaban J connectivity index is 0.00000166. The van der Waals surface area contributed by atoms with E-state index in [1.54, 1.807) is 6.20 Å².